The fourth-order valence-electron chi connectivity index (χ4n) is 3.22. The van der Waals surface area contributed by atoms with Gasteiger partial charge in [0.05, 0.1) is 10.9 Å². The third-order valence-corrected chi connectivity index (χ3v) is 4.38. The van der Waals surface area contributed by atoms with Crippen LogP contribution in [0.5, 0.6) is 5.75 Å². The maximum absolute atomic E-state index is 11.1. The molecule has 0 amide bonds. The number of hydrogen-bond acceptors (Lipinski definition) is 5. The highest BCUT2D eigenvalue weighted by Gasteiger charge is 2.20. The molecule has 122 valence electrons. The van der Waals surface area contributed by atoms with Gasteiger partial charge in [-0.1, -0.05) is 19.4 Å². The number of benzene rings is 1. The van der Waals surface area contributed by atoms with Crippen LogP contribution < -0.4 is 10.6 Å². The minimum Gasteiger partial charge on any atom is -0.398 e. The average Bonchev–Trinajstić information content (AvgIpc) is 2.78. The largest absolute Gasteiger partial charge is 0.398 e. The van der Waals surface area contributed by atoms with Crippen molar-refractivity contribution in [2.45, 2.75) is 52.4 Å². The van der Waals surface area contributed by atoms with E-state index >= 15 is 0 Å². The lowest BCUT2D eigenvalue weighted by atomic mass is 9.99. The number of nitrogens with two attached hydrogens (primary N) is 1. The molecular weight excluding hydrogens is 292 g/mol. The maximum Gasteiger partial charge on any atom is 0.352 e. The van der Waals surface area contributed by atoms with E-state index in [1.165, 1.54) is 13.3 Å². The Labute approximate surface area is 135 Å². The Morgan fingerprint density at radius 2 is 2.04 bits per heavy atom. The summed E-state index contributed by atoms with van der Waals surface area (Å²) < 4.78 is 0. The van der Waals surface area contributed by atoms with Crippen molar-refractivity contribution in [1.29, 1.82) is 0 Å². The van der Waals surface area contributed by atoms with Gasteiger partial charge in [-0.3, -0.25) is 14.8 Å². The van der Waals surface area contributed by atoms with Crippen LogP contribution >= 0.6 is 0 Å². The van der Waals surface area contributed by atoms with Gasteiger partial charge in [0.25, 0.3) is 0 Å². The molecule has 1 aliphatic carbocycles. The summed E-state index contributed by atoms with van der Waals surface area (Å²) in [6.07, 6.45) is 6.12. The number of aryl methyl sites for hydroxylation is 2. The van der Waals surface area contributed by atoms with Crippen LogP contribution in [0.25, 0.3) is 10.9 Å². The van der Waals surface area contributed by atoms with Crippen LogP contribution in [0.3, 0.4) is 0 Å². The van der Waals surface area contributed by atoms with Crippen molar-refractivity contribution in [2.75, 3.05) is 5.73 Å². The number of fused-ring (bicyclic) bond motifs is 2. The molecule has 0 radical (unpaired) electrons. The molecule has 2 N–H and O–H groups in total. The maximum atomic E-state index is 11.1. The first kappa shape index (κ1) is 15.6. The van der Waals surface area contributed by atoms with Gasteiger partial charge in [0.15, 0.2) is 5.75 Å². The first-order valence-electron chi connectivity index (χ1n) is 8.19. The minimum absolute atomic E-state index is 0.495. The number of hydrogen-bond donors (Lipinski definition) is 1. The van der Waals surface area contributed by atoms with E-state index in [0.717, 1.165) is 59.8 Å². The molecule has 0 saturated heterocycles. The summed E-state index contributed by atoms with van der Waals surface area (Å²) in [6.45, 7) is 3.33. The number of anilines is 1. The highest BCUT2D eigenvalue weighted by atomic mass is 17.2. The quantitative estimate of drug-likeness (QED) is 0.533. The van der Waals surface area contributed by atoms with E-state index in [1.807, 2.05) is 19.1 Å². The van der Waals surface area contributed by atoms with Crippen LogP contribution in [-0.4, -0.2) is 11.0 Å². The van der Waals surface area contributed by atoms with Crippen molar-refractivity contribution in [3.8, 4) is 5.75 Å². The van der Waals surface area contributed by atoms with E-state index < -0.39 is 5.97 Å². The summed E-state index contributed by atoms with van der Waals surface area (Å²) in [5, 5.41) is 0.756. The topological polar surface area (TPSA) is 74.4 Å². The summed E-state index contributed by atoms with van der Waals surface area (Å²) >= 11 is 0. The van der Waals surface area contributed by atoms with Crippen molar-refractivity contribution in [1.82, 2.24) is 4.98 Å². The van der Waals surface area contributed by atoms with Crippen molar-refractivity contribution in [3.05, 3.63) is 29.0 Å². The second kappa shape index (κ2) is 6.44. The highest BCUT2D eigenvalue weighted by Crippen LogP contribution is 2.38. The summed E-state index contributed by atoms with van der Waals surface area (Å²) in [5.74, 6) is 0.0163. The summed E-state index contributed by atoms with van der Waals surface area (Å²) in [5.41, 5.74) is 11.1. The number of carbonyl (C=O) groups excluding carboxylic acids is 1. The molecule has 2 aromatic rings. The summed E-state index contributed by atoms with van der Waals surface area (Å²) in [6, 6.07) is 3.92. The van der Waals surface area contributed by atoms with E-state index in [2.05, 4.69) is 0 Å². The van der Waals surface area contributed by atoms with Gasteiger partial charge in [0, 0.05) is 23.9 Å². The molecule has 0 saturated carbocycles. The normalized spacial score (nSPS) is 14.2. The molecule has 5 nitrogen and oxygen atoms in total. The predicted octanol–water partition coefficient (Wildman–Crippen LogP) is 3.51. The molecule has 1 aliphatic rings. The number of pyridine rings is 1. The Morgan fingerprint density at radius 1 is 1.26 bits per heavy atom. The molecule has 0 spiro atoms. The van der Waals surface area contributed by atoms with E-state index in [-0.39, 0.29) is 0 Å². The molecule has 23 heavy (non-hydrogen) atoms. The predicted molar refractivity (Wildman–Crippen MR) is 89.2 cm³/mol. The smallest absolute Gasteiger partial charge is 0.352 e. The van der Waals surface area contributed by atoms with Gasteiger partial charge < -0.3 is 5.73 Å². The Hall–Kier alpha value is -2.30. The number of rotatable bonds is 3. The lowest BCUT2D eigenvalue weighted by Gasteiger charge is -2.16. The zero-order valence-corrected chi connectivity index (χ0v) is 13.6. The van der Waals surface area contributed by atoms with Crippen molar-refractivity contribution in [3.63, 3.8) is 0 Å². The first-order chi connectivity index (χ1) is 11.1. The Morgan fingerprint density at radius 3 is 2.78 bits per heavy atom. The summed E-state index contributed by atoms with van der Waals surface area (Å²) in [7, 11) is 0. The number of nitrogen functional groups attached to an aromatic ring is 1. The molecule has 0 atom stereocenters. The van der Waals surface area contributed by atoms with Gasteiger partial charge in [-0.2, -0.15) is 0 Å². The van der Waals surface area contributed by atoms with Gasteiger partial charge in [0.1, 0.15) is 0 Å². The van der Waals surface area contributed by atoms with Crippen molar-refractivity contribution >= 4 is 22.6 Å². The van der Waals surface area contributed by atoms with Crippen LogP contribution in [0.4, 0.5) is 5.69 Å². The van der Waals surface area contributed by atoms with E-state index in [9.17, 15) is 4.79 Å². The molecule has 0 unspecified atom stereocenters. The van der Waals surface area contributed by atoms with Crippen molar-refractivity contribution < 1.29 is 14.6 Å². The molecular formula is C18H22N2O3. The Balaban J connectivity index is 2.21. The SMILES string of the molecule is CCc1ccc2nc3c(c(N)c2c1OOC(C)=O)CCCCC3. The van der Waals surface area contributed by atoms with Crippen LogP contribution in [-0.2, 0) is 28.9 Å². The molecule has 0 fully saturated rings. The van der Waals surface area contributed by atoms with Gasteiger partial charge >= 0.3 is 5.97 Å². The molecule has 0 bridgehead atoms. The second-order valence-corrected chi connectivity index (χ2v) is 5.97. The molecule has 3 rings (SSSR count). The fourth-order valence-corrected chi connectivity index (χ4v) is 3.22. The number of aromatic nitrogens is 1. The minimum atomic E-state index is -0.495. The third-order valence-electron chi connectivity index (χ3n) is 4.38. The molecule has 0 aliphatic heterocycles. The third kappa shape index (κ3) is 2.96. The Bertz CT molecular complexity index is 756. The van der Waals surface area contributed by atoms with Gasteiger partial charge in [0.2, 0.25) is 0 Å². The standard InChI is InChI=1S/C18H22N2O3/c1-3-12-9-10-15-16(18(12)23-22-11(2)21)17(19)13-7-5-4-6-8-14(13)20-15/h9-10H,3-8H2,1-2H3,(H2,19,20). The van der Waals surface area contributed by atoms with Gasteiger partial charge in [-0.25, -0.2) is 4.79 Å². The fraction of sp³-hybridized carbons (Fsp3) is 0.444. The van der Waals surface area contributed by atoms with Gasteiger partial charge in [-0.15, -0.1) is 0 Å². The van der Waals surface area contributed by atoms with Crippen LogP contribution in [0.1, 0.15) is 49.9 Å². The lowest BCUT2D eigenvalue weighted by Crippen LogP contribution is -2.08. The van der Waals surface area contributed by atoms with Gasteiger partial charge in [-0.05, 0) is 43.7 Å². The van der Waals surface area contributed by atoms with Crippen LogP contribution in [0.15, 0.2) is 12.1 Å². The highest BCUT2D eigenvalue weighted by molar-refractivity contribution is 5.98. The van der Waals surface area contributed by atoms with Crippen LogP contribution in [0, 0.1) is 0 Å². The molecule has 1 heterocycles. The molecule has 5 heteroatoms. The average molecular weight is 314 g/mol. The zero-order valence-electron chi connectivity index (χ0n) is 13.6. The van der Waals surface area contributed by atoms with E-state index in [4.69, 9.17) is 20.5 Å². The second-order valence-electron chi connectivity index (χ2n) is 5.97. The number of carbonyl (C=O) groups is 1. The molecule has 1 aromatic carbocycles. The zero-order chi connectivity index (χ0) is 16.4. The first-order valence-corrected chi connectivity index (χ1v) is 8.19. The monoisotopic (exact) mass is 314 g/mol. The van der Waals surface area contributed by atoms with E-state index in [1.54, 1.807) is 0 Å². The van der Waals surface area contributed by atoms with Crippen molar-refractivity contribution in [2.24, 2.45) is 0 Å². The molecule has 1 aromatic heterocycles. The van der Waals surface area contributed by atoms with Crippen LogP contribution in [0.2, 0.25) is 0 Å². The van der Waals surface area contributed by atoms with E-state index in [0.29, 0.717) is 11.4 Å². The lowest BCUT2D eigenvalue weighted by molar-refractivity contribution is -0.210. The summed E-state index contributed by atoms with van der Waals surface area (Å²) in [4.78, 5) is 26.0. The number of nitrogens with zero attached hydrogens (tertiary/aromatic N) is 1. The Kier molecular flexibility index (Phi) is 4.37.